The van der Waals surface area contributed by atoms with E-state index < -0.39 is 10.0 Å². The molecule has 0 heterocycles. The standard InChI is InChI=1S/C12H17BrClNO2S/c1-3-5-8-15(4-2)18(16,17)12-7-6-10(13)9-11(12)14/h6-7,9H,3-5,8H2,1-2H3. The third-order valence-electron chi connectivity index (χ3n) is 2.63. The number of hydrogen-bond acceptors (Lipinski definition) is 2. The third-order valence-corrected chi connectivity index (χ3v) is 5.58. The van der Waals surface area contributed by atoms with Crippen LogP contribution in [0.25, 0.3) is 0 Å². The lowest BCUT2D eigenvalue weighted by atomic mass is 10.3. The van der Waals surface area contributed by atoms with Crippen LogP contribution in [-0.4, -0.2) is 25.8 Å². The van der Waals surface area contributed by atoms with Gasteiger partial charge in [0.25, 0.3) is 0 Å². The second kappa shape index (κ2) is 6.89. The maximum atomic E-state index is 12.4. The molecule has 0 saturated carbocycles. The molecule has 0 bridgehead atoms. The molecule has 0 aliphatic heterocycles. The van der Waals surface area contributed by atoms with Crippen LogP contribution in [0.2, 0.25) is 5.02 Å². The average Bonchev–Trinajstić information content (AvgIpc) is 2.29. The molecule has 1 aromatic rings. The molecule has 6 heteroatoms. The summed E-state index contributed by atoms with van der Waals surface area (Å²) >= 11 is 9.28. The Bertz CT molecular complexity index is 505. The Labute approximate surface area is 122 Å². The first-order valence-corrected chi connectivity index (χ1v) is 8.49. The zero-order chi connectivity index (χ0) is 13.8. The summed E-state index contributed by atoms with van der Waals surface area (Å²) in [7, 11) is -3.49. The zero-order valence-corrected chi connectivity index (χ0v) is 13.6. The second-order valence-electron chi connectivity index (χ2n) is 3.93. The van der Waals surface area contributed by atoms with Crippen LogP contribution in [0.1, 0.15) is 26.7 Å². The highest BCUT2D eigenvalue weighted by atomic mass is 79.9. The molecular formula is C12H17BrClNO2S. The van der Waals surface area contributed by atoms with Gasteiger partial charge in [-0.3, -0.25) is 0 Å². The lowest BCUT2D eigenvalue weighted by Gasteiger charge is -2.20. The molecule has 0 atom stereocenters. The van der Waals surface area contributed by atoms with Gasteiger partial charge >= 0.3 is 0 Å². The van der Waals surface area contributed by atoms with Gasteiger partial charge in [-0.25, -0.2) is 8.42 Å². The summed E-state index contributed by atoms with van der Waals surface area (Å²) in [6.07, 6.45) is 1.81. The van der Waals surface area contributed by atoms with Gasteiger partial charge in [0.05, 0.1) is 5.02 Å². The van der Waals surface area contributed by atoms with Crippen molar-refractivity contribution in [3.05, 3.63) is 27.7 Å². The molecule has 0 fully saturated rings. The first kappa shape index (κ1) is 16.0. The van der Waals surface area contributed by atoms with Gasteiger partial charge in [0.15, 0.2) is 0 Å². The highest BCUT2D eigenvalue weighted by Crippen LogP contribution is 2.27. The second-order valence-corrected chi connectivity index (χ2v) is 7.15. The Morgan fingerprint density at radius 3 is 2.50 bits per heavy atom. The number of sulfonamides is 1. The van der Waals surface area contributed by atoms with E-state index >= 15 is 0 Å². The van der Waals surface area contributed by atoms with Gasteiger partial charge in [-0.2, -0.15) is 4.31 Å². The molecule has 0 spiro atoms. The van der Waals surface area contributed by atoms with Crippen LogP contribution >= 0.6 is 27.5 Å². The summed E-state index contributed by atoms with van der Waals surface area (Å²) in [4.78, 5) is 0.172. The number of halogens is 2. The van der Waals surface area contributed by atoms with E-state index in [9.17, 15) is 8.42 Å². The fourth-order valence-electron chi connectivity index (χ4n) is 1.61. The molecule has 102 valence electrons. The van der Waals surface area contributed by atoms with Crippen molar-refractivity contribution in [2.45, 2.75) is 31.6 Å². The summed E-state index contributed by atoms with van der Waals surface area (Å²) in [6, 6.07) is 4.82. The van der Waals surface area contributed by atoms with E-state index in [1.165, 1.54) is 10.4 Å². The van der Waals surface area contributed by atoms with Gasteiger partial charge in [0.2, 0.25) is 10.0 Å². The SMILES string of the molecule is CCCCN(CC)S(=O)(=O)c1ccc(Br)cc1Cl. The van der Waals surface area contributed by atoms with Crippen LogP contribution in [-0.2, 0) is 10.0 Å². The number of hydrogen-bond donors (Lipinski definition) is 0. The van der Waals surface area contributed by atoms with Gasteiger partial charge in [-0.15, -0.1) is 0 Å². The summed E-state index contributed by atoms with van der Waals surface area (Å²) in [6.45, 7) is 4.85. The van der Waals surface area contributed by atoms with Crippen molar-refractivity contribution in [2.24, 2.45) is 0 Å². The van der Waals surface area contributed by atoms with E-state index in [1.54, 1.807) is 12.1 Å². The largest absolute Gasteiger partial charge is 0.244 e. The molecule has 0 aliphatic carbocycles. The van der Waals surface area contributed by atoms with Crippen LogP contribution in [0.3, 0.4) is 0 Å². The number of nitrogens with zero attached hydrogens (tertiary/aromatic N) is 1. The Morgan fingerprint density at radius 2 is 2.00 bits per heavy atom. The Hall–Kier alpha value is -0.100. The topological polar surface area (TPSA) is 37.4 Å². The maximum Gasteiger partial charge on any atom is 0.244 e. The maximum absolute atomic E-state index is 12.4. The lowest BCUT2D eigenvalue weighted by molar-refractivity contribution is 0.419. The highest BCUT2D eigenvalue weighted by molar-refractivity contribution is 9.10. The van der Waals surface area contributed by atoms with Crippen LogP contribution in [0, 0.1) is 0 Å². The molecule has 0 amide bonds. The monoisotopic (exact) mass is 353 g/mol. The Balaban J connectivity index is 3.10. The molecule has 18 heavy (non-hydrogen) atoms. The van der Waals surface area contributed by atoms with Gasteiger partial charge in [0.1, 0.15) is 4.90 Å². The highest BCUT2D eigenvalue weighted by Gasteiger charge is 2.24. The van der Waals surface area contributed by atoms with Crippen molar-refractivity contribution in [3.63, 3.8) is 0 Å². The van der Waals surface area contributed by atoms with E-state index in [4.69, 9.17) is 11.6 Å². The molecule has 0 saturated heterocycles. The van der Waals surface area contributed by atoms with Gasteiger partial charge < -0.3 is 0 Å². The zero-order valence-electron chi connectivity index (χ0n) is 10.5. The average molecular weight is 355 g/mol. The fourth-order valence-corrected chi connectivity index (χ4v) is 4.11. The smallest absolute Gasteiger partial charge is 0.207 e. The Kier molecular flexibility index (Phi) is 6.11. The van der Waals surface area contributed by atoms with E-state index in [-0.39, 0.29) is 9.92 Å². The van der Waals surface area contributed by atoms with E-state index in [2.05, 4.69) is 15.9 Å². The van der Waals surface area contributed by atoms with Gasteiger partial charge in [-0.05, 0) is 24.6 Å². The number of rotatable bonds is 6. The minimum absolute atomic E-state index is 0.172. The molecule has 0 N–H and O–H groups in total. The molecule has 3 nitrogen and oxygen atoms in total. The van der Waals surface area contributed by atoms with E-state index in [1.807, 2.05) is 13.8 Å². The normalized spacial score (nSPS) is 12.1. The minimum atomic E-state index is -3.49. The van der Waals surface area contributed by atoms with Crippen molar-refractivity contribution in [2.75, 3.05) is 13.1 Å². The Morgan fingerprint density at radius 1 is 1.33 bits per heavy atom. The summed E-state index contributed by atoms with van der Waals surface area (Å²) in [5, 5.41) is 0.249. The molecule has 0 aromatic heterocycles. The molecule has 1 rings (SSSR count). The predicted molar refractivity (Wildman–Crippen MR) is 78.5 cm³/mol. The molecule has 1 aromatic carbocycles. The lowest BCUT2D eigenvalue weighted by Crippen LogP contribution is -2.32. The van der Waals surface area contributed by atoms with Crippen molar-refractivity contribution < 1.29 is 8.42 Å². The van der Waals surface area contributed by atoms with Crippen LogP contribution < -0.4 is 0 Å². The minimum Gasteiger partial charge on any atom is -0.207 e. The van der Waals surface area contributed by atoms with Gasteiger partial charge in [-0.1, -0.05) is 47.8 Å². The number of unbranched alkanes of at least 4 members (excludes halogenated alkanes) is 1. The quantitative estimate of drug-likeness (QED) is 0.776. The van der Waals surface area contributed by atoms with Crippen LogP contribution in [0.15, 0.2) is 27.6 Å². The summed E-state index contributed by atoms with van der Waals surface area (Å²) in [5.41, 5.74) is 0. The summed E-state index contributed by atoms with van der Waals surface area (Å²) < 4.78 is 27.1. The molecule has 0 aliphatic rings. The van der Waals surface area contributed by atoms with Crippen molar-refractivity contribution in [1.82, 2.24) is 4.31 Å². The van der Waals surface area contributed by atoms with Crippen LogP contribution in [0.4, 0.5) is 0 Å². The van der Waals surface area contributed by atoms with Gasteiger partial charge in [0, 0.05) is 17.6 Å². The summed E-state index contributed by atoms with van der Waals surface area (Å²) in [5.74, 6) is 0. The van der Waals surface area contributed by atoms with Crippen LogP contribution in [0.5, 0.6) is 0 Å². The van der Waals surface area contributed by atoms with E-state index in [0.29, 0.717) is 13.1 Å². The molecular weight excluding hydrogens is 338 g/mol. The van der Waals surface area contributed by atoms with Crippen molar-refractivity contribution in [1.29, 1.82) is 0 Å². The number of benzene rings is 1. The molecule has 0 unspecified atom stereocenters. The van der Waals surface area contributed by atoms with E-state index in [0.717, 1.165) is 17.3 Å². The third kappa shape index (κ3) is 3.70. The predicted octanol–water partition coefficient (Wildman–Crippen LogP) is 3.91. The fraction of sp³-hybridized carbons (Fsp3) is 0.500. The van der Waals surface area contributed by atoms with Crippen molar-refractivity contribution >= 4 is 37.6 Å². The molecule has 0 radical (unpaired) electrons. The first-order chi connectivity index (χ1) is 8.43. The van der Waals surface area contributed by atoms with Crippen molar-refractivity contribution in [3.8, 4) is 0 Å². The first-order valence-electron chi connectivity index (χ1n) is 5.88.